The van der Waals surface area contributed by atoms with Crippen molar-refractivity contribution in [3.63, 3.8) is 0 Å². The average molecular weight is 392 g/mol. The number of allylic oxidation sites excluding steroid dienone is 5. The van der Waals surface area contributed by atoms with Crippen molar-refractivity contribution in [2.75, 3.05) is 0 Å². The van der Waals surface area contributed by atoms with Crippen LogP contribution >= 0.6 is 0 Å². The van der Waals surface area contributed by atoms with Crippen molar-refractivity contribution in [1.82, 2.24) is 0 Å². The number of ketones is 1. The first kappa shape index (κ1) is 22.0. The topological polar surface area (TPSA) is 55.8 Å². The summed E-state index contributed by atoms with van der Waals surface area (Å²) < 4.78 is 11.4. The van der Waals surface area contributed by atoms with Gasteiger partial charge in [-0.25, -0.2) is 0 Å². The molecule has 0 atom stereocenters. The number of ether oxygens (including phenoxy) is 2. The first-order chi connectivity index (χ1) is 14.0. The van der Waals surface area contributed by atoms with E-state index in [2.05, 4.69) is 0 Å². The number of phenolic OH excluding ortho intramolecular Hbond substituents is 1. The molecule has 0 aliphatic heterocycles. The van der Waals surface area contributed by atoms with Crippen LogP contribution in [-0.2, 0) is 0 Å². The van der Waals surface area contributed by atoms with E-state index >= 15 is 0 Å². The molecule has 0 bridgehead atoms. The van der Waals surface area contributed by atoms with E-state index in [1.54, 1.807) is 18.2 Å². The van der Waals surface area contributed by atoms with Crippen molar-refractivity contribution in [3.05, 3.63) is 83.3 Å². The van der Waals surface area contributed by atoms with Gasteiger partial charge in [0.1, 0.15) is 17.2 Å². The lowest BCUT2D eigenvalue weighted by Crippen LogP contribution is -1.97. The predicted molar refractivity (Wildman–Crippen MR) is 117 cm³/mol. The molecule has 1 N–H and O–H groups in total. The third-order valence-corrected chi connectivity index (χ3v) is 4.38. The third kappa shape index (κ3) is 6.39. The van der Waals surface area contributed by atoms with Crippen molar-refractivity contribution in [2.24, 2.45) is 0 Å². The fraction of sp³-hybridized carbons (Fsp3) is 0.240. The Labute approximate surface area is 172 Å². The minimum atomic E-state index is -0.279. The van der Waals surface area contributed by atoms with E-state index in [0.717, 1.165) is 35.7 Å². The van der Waals surface area contributed by atoms with Gasteiger partial charge in [0.25, 0.3) is 0 Å². The van der Waals surface area contributed by atoms with Crippen LogP contribution in [0.1, 0.15) is 56.5 Å². The Hall–Kier alpha value is -3.27. The SMILES string of the molecule is CC=C(CC)Oc1ccc(C=CC(=O)c2ccc(OC(=CC)CC)cc2O)cc1. The van der Waals surface area contributed by atoms with Gasteiger partial charge in [0.15, 0.2) is 5.78 Å². The maximum atomic E-state index is 12.4. The normalized spacial score (nSPS) is 12.3. The van der Waals surface area contributed by atoms with Crippen LogP contribution in [0.3, 0.4) is 0 Å². The third-order valence-electron chi connectivity index (χ3n) is 4.38. The van der Waals surface area contributed by atoms with E-state index < -0.39 is 0 Å². The van der Waals surface area contributed by atoms with Crippen LogP contribution in [-0.4, -0.2) is 10.9 Å². The highest BCUT2D eigenvalue weighted by molar-refractivity contribution is 6.08. The molecule has 2 rings (SSSR count). The second-order valence-electron chi connectivity index (χ2n) is 6.37. The largest absolute Gasteiger partial charge is 0.507 e. The maximum absolute atomic E-state index is 12.4. The Morgan fingerprint density at radius 1 is 0.897 bits per heavy atom. The van der Waals surface area contributed by atoms with Gasteiger partial charge in [0.05, 0.1) is 17.1 Å². The van der Waals surface area contributed by atoms with Crippen molar-refractivity contribution in [1.29, 1.82) is 0 Å². The summed E-state index contributed by atoms with van der Waals surface area (Å²) in [7, 11) is 0. The summed E-state index contributed by atoms with van der Waals surface area (Å²) in [5, 5.41) is 10.2. The molecule has 0 spiro atoms. The average Bonchev–Trinajstić information content (AvgIpc) is 2.75. The zero-order valence-electron chi connectivity index (χ0n) is 17.4. The summed E-state index contributed by atoms with van der Waals surface area (Å²) in [6, 6.07) is 12.2. The van der Waals surface area contributed by atoms with E-state index in [1.807, 2.05) is 64.1 Å². The Bertz CT molecular complexity index is 918. The van der Waals surface area contributed by atoms with Gasteiger partial charge in [0.2, 0.25) is 0 Å². The highest BCUT2D eigenvalue weighted by atomic mass is 16.5. The van der Waals surface area contributed by atoms with Gasteiger partial charge in [0, 0.05) is 18.9 Å². The summed E-state index contributed by atoms with van der Waals surface area (Å²) in [5.41, 5.74) is 1.09. The van der Waals surface area contributed by atoms with Crippen LogP contribution in [0.4, 0.5) is 0 Å². The zero-order valence-corrected chi connectivity index (χ0v) is 17.4. The first-order valence-electron chi connectivity index (χ1n) is 9.82. The molecule has 0 unspecified atom stereocenters. The van der Waals surface area contributed by atoms with Crippen LogP contribution in [0.25, 0.3) is 6.08 Å². The smallest absolute Gasteiger partial charge is 0.189 e. The van der Waals surface area contributed by atoms with E-state index in [-0.39, 0.29) is 17.1 Å². The molecule has 4 heteroatoms. The summed E-state index contributed by atoms with van der Waals surface area (Å²) in [6.45, 7) is 7.86. The molecule has 0 amide bonds. The number of carbonyl (C=O) groups excluding carboxylic acids is 1. The summed E-state index contributed by atoms with van der Waals surface area (Å²) in [4.78, 5) is 12.4. The molecule has 0 aliphatic carbocycles. The highest BCUT2D eigenvalue weighted by Crippen LogP contribution is 2.26. The van der Waals surface area contributed by atoms with Crippen LogP contribution in [0.15, 0.2) is 72.2 Å². The minimum absolute atomic E-state index is 0.106. The van der Waals surface area contributed by atoms with Gasteiger partial charge < -0.3 is 14.6 Å². The molecule has 0 radical (unpaired) electrons. The molecule has 0 saturated carbocycles. The van der Waals surface area contributed by atoms with Gasteiger partial charge in [-0.1, -0.05) is 32.1 Å². The van der Waals surface area contributed by atoms with Crippen LogP contribution < -0.4 is 9.47 Å². The number of carbonyl (C=O) groups is 1. The number of benzene rings is 2. The molecule has 0 saturated heterocycles. The summed E-state index contributed by atoms with van der Waals surface area (Å²) >= 11 is 0. The fourth-order valence-corrected chi connectivity index (χ4v) is 2.67. The molecule has 4 nitrogen and oxygen atoms in total. The number of phenols is 1. The van der Waals surface area contributed by atoms with E-state index in [9.17, 15) is 9.90 Å². The Balaban J connectivity index is 2.06. The van der Waals surface area contributed by atoms with E-state index in [1.165, 1.54) is 12.1 Å². The Kier molecular flexibility index (Phi) is 8.28. The highest BCUT2D eigenvalue weighted by Gasteiger charge is 2.10. The molecular weight excluding hydrogens is 364 g/mol. The van der Waals surface area contributed by atoms with Crippen LogP contribution in [0, 0.1) is 0 Å². The molecule has 0 aromatic heterocycles. The Morgan fingerprint density at radius 2 is 1.45 bits per heavy atom. The molecule has 29 heavy (non-hydrogen) atoms. The fourth-order valence-electron chi connectivity index (χ4n) is 2.67. The second kappa shape index (κ2) is 10.9. The standard InChI is InChI=1S/C25H28O4/c1-5-19(6-2)28-21-12-9-18(10-13-21)11-16-24(26)23-15-14-22(17-25(23)27)29-20(7-3)8-4/h5,7,9-17,27H,6,8H2,1-4H3. The zero-order chi connectivity index (χ0) is 21.2. The maximum Gasteiger partial charge on any atom is 0.189 e. The van der Waals surface area contributed by atoms with Gasteiger partial charge in [-0.15, -0.1) is 0 Å². The molecular formula is C25H28O4. The molecule has 2 aromatic rings. The van der Waals surface area contributed by atoms with Crippen molar-refractivity contribution in [3.8, 4) is 17.2 Å². The number of rotatable bonds is 9. The lowest BCUT2D eigenvalue weighted by molar-refractivity contribution is 0.104. The number of hydrogen-bond donors (Lipinski definition) is 1. The predicted octanol–water partition coefficient (Wildman–Crippen LogP) is 6.67. The molecule has 2 aromatic carbocycles. The van der Waals surface area contributed by atoms with Crippen molar-refractivity contribution < 1.29 is 19.4 Å². The number of hydrogen-bond acceptors (Lipinski definition) is 4. The molecule has 0 fully saturated rings. The van der Waals surface area contributed by atoms with Gasteiger partial charge in [-0.05, 0) is 61.9 Å². The van der Waals surface area contributed by atoms with Gasteiger partial charge in [-0.2, -0.15) is 0 Å². The second-order valence-corrected chi connectivity index (χ2v) is 6.37. The summed E-state index contributed by atoms with van der Waals surface area (Å²) in [6.07, 6.45) is 8.54. The van der Waals surface area contributed by atoms with E-state index in [4.69, 9.17) is 9.47 Å². The van der Waals surface area contributed by atoms with Crippen molar-refractivity contribution in [2.45, 2.75) is 40.5 Å². The Morgan fingerprint density at radius 3 is 1.97 bits per heavy atom. The minimum Gasteiger partial charge on any atom is -0.507 e. The number of aromatic hydroxyl groups is 1. The van der Waals surface area contributed by atoms with E-state index in [0.29, 0.717) is 5.75 Å². The summed E-state index contributed by atoms with van der Waals surface area (Å²) in [5.74, 6) is 2.58. The lowest BCUT2D eigenvalue weighted by Gasteiger charge is -2.09. The van der Waals surface area contributed by atoms with Crippen molar-refractivity contribution >= 4 is 11.9 Å². The van der Waals surface area contributed by atoms with Gasteiger partial charge in [-0.3, -0.25) is 4.79 Å². The molecule has 0 heterocycles. The van der Waals surface area contributed by atoms with Crippen LogP contribution in [0.2, 0.25) is 0 Å². The van der Waals surface area contributed by atoms with Crippen LogP contribution in [0.5, 0.6) is 17.2 Å². The molecule has 152 valence electrons. The quantitative estimate of drug-likeness (QED) is 0.294. The lowest BCUT2D eigenvalue weighted by atomic mass is 10.1. The molecule has 0 aliphatic rings. The monoisotopic (exact) mass is 392 g/mol. The first-order valence-corrected chi connectivity index (χ1v) is 9.82. The van der Waals surface area contributed by atoms with Gasteiger partial charge >= 0.3 is 0 Å².